The van der Waals surface area contributed by atoms with Crippen molar-refractivity contribution in [2.75, 3.05) is 13.7 Å². The van der Waals surface area contributed by atoms with Gasteiger partial charge in [-0.3, -0.25) is 11.3 Å². The van der Waals surface area contributed by atoms with E-state index in [9.17, 15) is 0 Å². The fraction of sp³-hybridized carbons (Fsp3) is 1.00. The number of hydrogen-bond acceptors (Lipinski definition) is 3. The first-order valence-corrected chi connectivity index (χ1v) is 4.21. The van der Waals surface area contributed by atoms with E-state index in [0.29, 0.717) is 12.0 Å². The molecule has 0 bridgehead atoms. The summed E-state index contributed by atoms with van der Waals surface area (Å²) in [6.45, 7) is 5.14. The van der Waals surface area contributed by atoms with Crippen LogP contribution in [0.15, 0.2) is 0 Å². The number of hydrogen-bond donors (Lipinski definition) is 2. The normalized spacial score (nSPS) is 16.4. The van der Waals surface area contributed by atoms with Gasteiger partial charge in [-0.05, 0) is 12.3 Å². The first kappa shape index (κ1) is 10.9. The molecule has 0 aliphatic heterocycles. The molecule has 0 saturated carbocycles. The Labute approximate surface area is 69.3 Å². The molecule has 2 unspecified atom stereocenters. The smallest absolute Gasteiger partial charge is 0.0477 e. The fourth-order valence-electron chi connectivity index (χ4n) is 1.06. The number of hydrazine groups is 1. The molecular formula is C8H20N2O. The van der Waals surface area contributed by atoms with Gasteiger partial charge in [0.15, 0.2) is 0 Å². The first-order chi connectivity index (χ1) is 5.26. The Kier molecular flexibility index (Phi) is 6.51. The van der Waals surface area contributed by atoms with Crippen molar-refractivity contribution in [3.05, 3.63) is 0 Å². The topological polar surface area (TPSA) is 47.3 Å². The lowest BCUT2D eigenvalue weighted by Crippen LogP contribution is -2.40. The molecule has 0 heterocycles. The molecule has 0 aromatic carbocycles. The largest absolute Gasteiger partial charge is 0.385 e. The van der Waals surface area contributed by atoms with E-state index < -0.39 is 0 Å². The van der Waals surface area contributed by atoms with Crippen LogP contribution in [0.4, 0.5) is 0 Å². The molecule has 11 heavy (non-hydrogen) atoms. The van der Waals surface area contributed by atoms with E-state index in [2.05, 4.69) is 19.3 Å². The zero-order chi connectivity index (χ0) is 8.69. The van der Waals surface area contributed by atoms with Gasteiger partial charge >= 0.3 is 0 Å². The predicted molar refractivity (Wildman–Crippen MR) is 47.1 cm³/mol. The van der Waals surface area contributed by atoms with Crippen molar-refractivity contribution in [3.63, 3.8) is 0 Å². The molecule has 3 N–H and O–H groups in total. The average Bonchev–Trinajstić information content (AvgIpc) is 2.05. The van der Waals surface area contributed by atoms with Crippen molar-refractivity contribution in [1.29, 1.82) is 0 Å². The van der Waals surface area contributed by atoms with Gasteiger partial charge in [-0.25, -0.2) is 0 Å². The maximum Gasteiger partial charge on any atom is 0.0477 e. The van der Waals surface area contributed by atoms with Crippen LogP contribution in [-0.4, -0.2) is 19.8 Å². The third-order valence-electron chi connectivity index (χ3n) is 2.18. The van der Waals surface area contributed by atoms with Gasteiger partial charge in [0.05, 0.1) is 0 Å². The van der Waals surface area contributed by atoms with E-state index in [-0.39, 0.29) is 0 Å². The standard InChI is InChI=1S/C8H20N2O/c1-4-7(2)8(10-9)5-6-11-3/h7-8,10H,4-6,9H2,1-3H3. The van der Waals surface area contributed by atoms with Crippen LogP contribution in [0.5, 0.6) is 0 Å². The summed E-state index contributed by atoms with van der Waals surface area (Å²) in [5.41, 5.74) is 2.81. The summed E-state index contributed by atoms with van der Waals surface area (Å²) in [7, 11) is 1.71. The van der Waals surface area contributed by atoms with Gasteiger partial charge < -0.3 is 4.74 Å². The molecule has 68 valence electrons. The fourth-order valence-corrected chi connectivity index (χ4v) is 1.06. The Morgan fingerprint density at radius 3 is 2.55 bits per heavy atom. The van der Waals surface area contributed by atoms with Crippen LogP contribution in [0.3, 0.4) is 0 Å². The third-order valence-corrected chi connectivity index (χ3v) is 2.18. The molecular weight excluding hydrogens is 140 g/mol. The lowest BCUT2D eigenvalue weighted by atomic mass is 9.97. The third kappa shape index (κ3) is 4.35. The van der Waals surface area contributed by atoms with E-state index in [1.54, 1.807) is 7.11 Å². The average molecular weight is 160 g/mol. The van der Waals surface area contributed by atoms with Crippen molar-refractivity contribution < 1.29 is 4.74 Å². The van der Waals surface area contributed by atoms with Gasteiger partial charge in [0.2, 0.25) is 0 Å². The highest BCUT2D eigenvalue weighted by Crippen LogP contribution is 2.09. The van der Waals surface area contributed by atoms with E-state index in [1.807, 2.05) is 0 Å². The Balaban J connectivity index is 3.56. The SMILES string of the molecule is CCC(C)C(CCOC)NN. The van der Waals surface area contributed by atoms with Crippen LogP contribution in [0.1, 0.15) is 26.7 Å². The zero-order valence-electron chi connectivity index (χ0n) is 7.76. The second kappa shape index (κ2) is 6.58. The molecule has 0 aliphatic rings. The van der Waals surface area contributed by atoms with Crippen LogP contribution in [0.2, 0.25) is 0 Å². The molecule has 0 saturated heterocycles. The van der Waals surface area contributed by atoms with Crippen LogP contribution in [-0.2, 0) is 4.74 Å². The van der Waals surface area contributed by atoms with E-state index in [1.165, 1.54) is 0 Å². The molecule has 0 aromatic heterocycles. The second-order valence-corrected chi connectivity index (χ2v) is 2.94. The number of nitrogens with two attached hydrogens (primary N) is 1. The Morgan fingerprint density at radius 1 is 1.55 bits per heavy atom. The summed E-state index contributed by atoms with van der Waals surface area (Å²) in [4.78, 5) is 0. The highest BCUT2D eigenvalue weighted by Gasteiger charge is 2.12. The summed E-state index contributed by atoms with van der Waals surface area (Å²) in [6.07, 6.45) is 2.14. The lowest BCUT2D eigenvalue weighted by molar-refractivity contribution is 0.171. The minimum absolute atomic E-state index is 0.389. The molecule has 0 rings (SSSR count). The number of methoxy groups -OCH3 is 1. The van der Waals surface area contributed by atoms with Gasteiger partial charge in [-0.1, -0.05) is 20.3 Å². The number of ether oxygens (including phenoxy) is 1. The van der Waals surface area contributed by atoms with Crippen LogP contribution in [0.25, 0.3) is 0 Å². The van der Waals surface area contributed by atoms with Crippen molar-refractivity contribution in [2.24, 2.45) is 11.8 Å². The maximum atomic E-state index is 5.38. The molecule has 0 aromatic rings. The minimum Gasteiger partial charge on any atom is -0.385 e. The van der Waals surface area contributed by atoms with Gasteiger partial charge in [0, 0.05) is 19.8 Å². The van der Waals surface area contributed by atoms with E-state index in [0.717, 1.165) is 19.4 Å². The molecule has 0 aliphatic carbocycles. The summed E-state index contributed by atoms with van der Waals surface area (Å²) < 4.78 is 4.97. The van der Waals surface area contributed by atoms with Crippen LogP contribution < -0.4 is 11.3 Å². The number of nitrogens with one attached hydrogen (secondary N) is 1. The summed E-state index contributed by atoms with van der Waals surface area (Å²) >= 11 is 0. The minimum atomic E-state index is 0.389. The van der Waals surface area contributed by atoms with Gasteiger partial charge in [-0.2, -0.15) is 0 Å². The highest BCUT2D eigenvalue weighted by atomic mass is 16.5. The van der Waals surface area contributed by atoms with Crippen molar-refractivity contribution in [1.82, 2.24) is 5.43 Å². The predicted octanol–water partition coefficient (Wildman–Crippen LogP) is 0.901. The molecule has 0 amide bonds. The molecule has 3 heteroatoms. The Hall–Kier alpha value is -0.120. The maximum absolute atomic E-state index is 5.38. The monoisotopic (exact) mass is 160 g/mol. The second-order valence-electron chi connectivity index (χ2n) is 2.94. The van der Waals surface area contributed by atoms with Crippen LogP contribution in [0, 0.1) is 5.92 Å². The van der Waals surface area contributed by atoms with E-state index >= 15 is 0 Å². The summed E-state index contributed by atoms with van der Waals surface area (Å²) in [6, 6.07) is 0.389. The molecule has 0 spiro atoms. The lowest BCUT2D eigenvalue weighted by Gasteiger charge is -2.21. The van der Waals surface area contributed by atoms with Gasteiger partial charge in [0.1, 0.15) is 0 Å². The number of rotatable bonds is 6. The van der Waals surface area contributed by atoms with E-state index in [4.69, 9.17) is 10.6 Å². The summed E-state index contributed by atoms with van der Waals surface area (Å²) in [5, 5.41) is 0. The quantitative estimate of drug-likeness (QED) is 0.448. The zero-order valence-corrected chi connectivity index (χ0v) is 7.76. The molecule has 3 nitrogen and oxygen atoms in total. The summed E-state index contributed by atoms with van der Waals surface area (Å²) in [5.74, 6) is 6.00. The Morgan fingerprint density at radius 2 is 2.18 bits per heavy atom. The first-order valence-electron chi connectivity index (χ1n) is 4.21. The van der Waals surface area contributed by atoms with Gasteiger partial charge in [0.25, 0.3) is 0 Å². The molecule has 2 atom stereocenters. The Bertz CT molecular complexity index is 88.2. The molecule has 0 fully saturated rings. The van der Waals surface area contributed by atoms with Gasteiger partial charge in [-0.15, -0.1) is 0 Å². The van der Waals surface area contributed by atoms with Crippen molar-refractivity contribution in [2.45, 2.75) is 32.7 Å². The van der Waals surface area contributed by atoms with Crippen molar-refractivity contribution in [3.8, 4) is 0 Å². The van der Waals surface area contributed by atoms with Crippen molar-refractivity contribution >= 4 is 0 Å². The highest BCUT2D eigenvalue weighted by molar-refractivity contribution is 4.69. The molecule has 0 radical (unpaired) electrons. The van der Waals surface area contributed by atoms with Crippen LogP contribution >= 0.6 is 0 Å².